The van der Waals surface area contributed by atoms with E-state index in [1.54, 1.807) is 6.33 Å². The first-order valence-electron chi connectivity index (χ1n) is 6.36. The van der Waals surface area contributed by atoms with E-state index in [0.29, 0.717) is 6.54 Å². The second-order valence-electron chi connectivity index (χ2n) is 4.82. The zero-order valence-electron chi connectivity index (χ0n) is 11.0. The normalized spacial score (nSPS) is 14.4. The van der Waals surface area contributed by atoms with Crippen LogP contribution >= 0.6 is 0 Å². The molecule has 0 aliphatic rings. The van der Waals surface area contributed by atoms with Gasteiger partial charge in [-0.1, -0.05) is 19.1 Å². The molecule has 1 atom stereocenters. The molecule has 0 fully saturated rings. The fourth-order valence-corrected chi connectivity index (χ4v) is 2.04. The number of fused-ring (bicyclic) bond motifs is 1. The van der Waals surface area contributed by atoms with Gasteiger partial charge in [0.2, 0.25) is 0 Å². The maximum Gasteiger partial charge on any atom is 0.137 e. The molecule has 1 unspecified atom stereocenters. The highest BCUT2D eigenvalue weighted by atomic mass is 15.1. The van der Waals surface area contributed by atoms with Crippen molar-refractivity contribution in [2.24, 2.45) is 5.73 Å². The Labute approximate surface area is 108 Å². The Kier molecular flexibility index (Phi) is 3.77. The van der Waals surface area contributed by atoms with Crippen molar-refractivity contribution in [3.63, 3.8) is 0 Å². The average Bonchev–Trinajstić information content (AvgIpc) is 2.39. The lowest BCUT2D eigenvalue weighted by molar-refractivity contribution is 0.462. The first-order chi connectivity index (χ1) is 8.68. The topological polar surface area (TPSA) is 63.8 Å². The molecule has 0 amide bonds. The van der Waals surface area contributed by atoms with Gasteiger partial charge in [-0.25, -0.2) is 9.97 Å². The summed E-state index contributed by atoms with van der Waals surface area (Å²) < 4.78 is 0. The third kappa shape index (κ3) is 2.59. The summed E-state index contributed by atoms with van der Waals surface area (Å²) in [4.78, 5) is 8.63. The van der Waals surface area contributed by atoms with E-state index in [-0.39, 0.29) is 5.54 Å². The number of rotatable bonds is 5. The minimum atomic E-state index is -0.0219. The molecule has 4 nitrogen and oxygen atoms in total. The summed E-state index contributed by atoms with van der Waals surface area (Å²) in [5.41, 5.74) is 6.62. The quantitative estimate of drug-likeness (QED) is 0.848. The molecule has 96 valence electrons. The van der Waals surface area contributed by atoms with Crippen LogP contribution in [-0.2, 0) is 0 Å². The van der Waals surface area contributed by atoms with Gasteiger partial charge >= 0.3 is 0 Å². The second-order valence-corrected chi connectivity index (χ2v) is 4.82. The maximum atomic E-state index is 5.68. The summed E-state index contributed by atoms with van der Waals surface area (Å²) in [6.45, 7) is 5.00. The number of anilines is 1. The molecular weight excluding hydrogens is 224 g/mol. The molecule has 1 aromatic carbocycles. The van der Waals surface area contributed by atoms with Crippen LogP contribution in [0, 0.1) is 0 Å². The number of aromatic nitrogens is 2. The number of hydrogen-bond acceptors (Lipinski definition) is 4. The van der Waals surface area contributed by atoms with Crippen molar-refractivity contribution in [3.8, 4) is 0 Å². The molecule has 1 aromatic heterocycles. The summed E-state index contributed by atoms with van der Waals surface area (Å²) in [6, 6.07) is 8.02. The van der Waals surface area contributed by atoms with E-state index in [2.05, 4.69) is 29.1 Å². The van der Waals surface area contributed by atoms with Crippen molar-refractivity contribution < 1.29 is 0 Å². The molecule has 0 spiro atoms. The van der Waals surface area contributed by atoms with Gasteiger partial charge in [-0.3, -0.25) is 0 Å². The van der Waals surface area contributed by atoms with Crippen LogP contribution in [0.1, 0.15) is 26.7 Å². The molecule has 0 bridgehead atoms. The lowest BCUT2D eigenvalue weighted by atomic mass is 9.94. The number of benzene rings is 1. The molecule has 18 heavy (non-hydrogen) atoms. The predicted molar refractivity (Wildman–Crippen MR) is 75.5 cm³/mol. The smallest absolute Gasteiger partial charge is 0.137 e. The zero-order chi connectivity index (χ0) is 13.0. The van der Waals surface area contributed by atoms with Crippen LogP contribution in [0.15, 0.2) is 30.6 Å². The van der Waals surface area contributed by atoms with Gasteiger partial charge in [-0.15, -0.1) is 0 Å². The van der Waals surface area contributed by atoms with Crippen molar-refractivity contribution in [2.45, 2.75) is 32.2 Å². The Morgan fingerprint density at radius 3 is 2.78 bits per heavy atom. The van der Waals surface area contributed by atoms with Crippen LogP contribution in [0.2, 0.25) is 0 Å². The SMILES string of the molecule is CCC(C)(CCN)Nc1ncnc2ccccc12. The minimum Gasteiger partial charge on any atom is -0.364 e. The van der Waals surface area contributed by atoms with E-state index < -0.39 is 0 Å². The van der Waals surface area contributed by atoms with Crippen LogP contribution in [-0.4, -0.2) is 22.1 Å². The first kappa shape index (κ1) is 12.8. The van der Waals surface area contributed by atoms with Crippen molar-refractivity contribution in [3.05, 3.63) is 30.6 Å². The van der Waals surface area contributed by atoms with Gasteiger partial charge in [0, 0.05) is 10.9 Å². The number of nitrogens with one attached hydrogen (secondary N) is 1. The van der Waals surface area contributed by atoms with Crippen LogP contribution in [0.3, 0.4) is 0 Å². The van der Waals surface area contributed by atoms with Crippen LogP contribution < -0.4 is 11.1 Å². The fourth-order valence-electron chi connectivity index (χ4n) is 2.04. The Morgan fingerprint density at radius 2 is 2.06 bits per heavy atom. The van der Waals surface area contributed by atoms with Gasteiger partial charge in [-0.2, -0.15) is 0 Å². The maximum absolute atomic E-state index is 5.68. The Morgan fingerprint density at radius 1 is 1.28 bits per heavy atom. The molecule has 0 saturated heterocycles. The standard InChI is InChI=1S/C14H20N4/c1-3-14(2,8-9-15)18-13-11-6-4-5-7-12(11)16-10-17-13/h4-7,10H,3,8-9,15H2,1-2H3,(H,16,17,18). The van der Waals surface area contributed by atoms with E-state index in [9.17, 15) is 0 Å². The molecular formula is C14H20N4. The largest absolute Gasteiger partial charge is 0.364 e. The number of hydrogen-bond donors (Lipinski definition) is 2. The van der Waals surface area contributed by atoms with Gasteiger partial charge in [-0.05, 0) is 38.4 Å². The molecule has 0 aliphatic carbocycles. The summed E-state index contributed by atoms with van der Waals surface area (Å²) in [7, 11) is 0. The van der Waals surface area contributed by atoms with Gasteiger partial charge in [0.1, 0.15) is 12.1 Å². The molecule has 2 rings (SSSR count). The third-order valence-electron chi connectivity index (χ3n) is 3.44. The van der Waals surface area contributed by atoms with Crippen LogP contribution in [0.25, 0.3) is 10.9 Å². The van der Waals surface area contributed by atoms with E-state index in [1.807, 2.05) is 24.3 Å². The Hall–Kier alpha value is -1.68. The predicted octanol–water partition coefficient (Wildman–Crippen LogP) is 2.56. The Balaban J connectivity index is 2.36. The molecule has 1 heterocycles. The third-order valence-corrected chi connectivity index (χ3v) is 3.44. The molecule has 0 radical (unpaired) electrons. The van der Waals surface area contributed by atoms with E-state index in [0.717, 1.165) is 29.6 Å². The lowest BCUT2D eigenvalue weighted by Gasteiger charge is -2.30. The highest BCUT2D eigenvalue weighted by molar-refractivity contribution is 5.88. The van der Waals surface area contributed by atoms with Gasteiger partial charge in [0.25, 0.3) is 0 Å². The Bertz CT molecular complexity index is 521. The van der Waals surface area contributed by atoms with Gasteiger partial charge in [0.05, 0.1) is 5.52 Å². The summed E-state index contributed by atoms with van der Waals surface area (Å²) >= 11 is 0. The lowest BCUT2D eigenvalue weighted by Crippen LogP contribution is -2.36. The summed E-state index contributed by atoms with van der Waals surface area (Å²) in [6.07, 6.45) is 3.52. The fraction of sp³-hybridized carbons (Fsp3) is 0.429. The van der Waals surface area contributed by atoms with Crippen molar-refractivity contribution >= 4 is 16.7 Å². The van der Waals surface area contributed by atoms with Gasteiger partial charge < -0.3 is 11.1 Å². The highest BCUT2D eigenvalue weighted by Gasteiger charge is 2.22. The first-order valence-corrected chi connectivity index (χ1v) is 6.36. The van der Waals surface area contributed by atoms with E-state index in [4.69, 9.17) is 5.73 Å². The summed E-state index contributed by atoms with van der Waals surface area (Å²) in [5, 5.41) is 4.57. The van der Waals surface area contributed by atoms with Crippen molar-refractivity contribution in [1.29, 1.82) is 0 Å². The number of para-hydroxylation sites is 1. The van der Waals surface area contributed by atoms with Crippen molar-refractivity contribution in [1.82, 2.24) is 9.97 Å². The van der Waals surface area contributed by atoms with Crippen molar-refractivity contribution in [2.75, 3.05) is 11.9 Å². The monoisotopic (exact) mass is 244 g/mol. The molecule has 0 aliphatic heterocycles. The molecule has 3 N–H and O–H groups in total. The number of nitrogens with zero attached hydrogens (tertiary/aromatic N) is 2. The zero-order valence-corrected chi connectivity index (χ0v) is 11.0. The van der Waals surface area contributed by atoms with Gasteiger partial charge in [0.15, 0.2) is 0 Å². The summed E-state index contributed by atoms with van der Waals surface area (Å²) in [5.74, 6) is 0.887. The average molecular weight is 244 g/mol. The van der Waals surface area contributed by atoms with E-state index in [1.165, 1.54) is 0 Å². The second kappa shape index (κ2) is 5.31. The molecule has 2 aromatic rings. The number of nitrogens with two attached hydrogens (primary N) is 1. The molecule has 4 heteroatoms. The van der Waals surface area contributed by atoms with Crippen LogP contribution in [0.5, 0.6) is 0 Å². The highest BCUT2D eigenvalue weighted by Crippen LogP contribution is 2.25. The van der Waals surface area contributed by atoms with Crippen LogP contribution in [0.4, 0.5) is 5.82 Å². The molecule has 0 saturated carbocycles. The minimum absolute atomic E-state index is 0.0219. The van der Waals surface area contributed by atoms with E-state index >= 15 is 0 Å².